The predicted octanol–water partition coefficient (Wildman–Crippen LogP) is 2.13. The van der Waals surface area contributed by atoms with E-state index >= 15 is 0 Å². The SMILES string of the molecule is CNS(=O)(=O)c1ccc(N)c(OC2CCCCC2C)c1. The highest BCUT2D eigenvalue weighted by Gasteiger charge is 2.24. The molecular weight excluding hydrogens is 276 g/mol. The molecule has 1 saturated carbocycles. The van der Waals surface area contributed by atoms with Crippen LogP contribution in [0.4, 0.5) is 5.69 Å². The quantitative estimate of drug-likeness (QED) is 0.834. The molecule has 1 aliphatic rings. The third kappa shape index (κ3) is 3.24. The number of nitrogens with two attached hydrogens (primary N) is 1. The Kier molecular flexibility index (Phi) is 4.55. The number of benzene rings is 1. The molecule has 0 aromatic heterocycles. The van der Waals surface area contributed by atoms with Gasteiger partial charge in [-0.15, -0.1) is 0 Å². The van der Waals surface area contributed by atoms with Crippen molar-refractivity contribution in [3.8, 4) is 5.75 Å². The number of nitrogens with one attached hydrogen (secondary N) is 1. The van der Waals surface area contributed by atoms with Gasteiger partial charge in [-0.3, -0.25) is 0 Å². The zero-order chi connectivity index (χ0) is 14.8. The van der Waals surface area contributed by atoms with Crippen molar-refractivity contribution >= 4 is 15.7 Å². The first-order chi connectivity index (χ1) is 9.44. The molecule has 2 rings (SSSR count). The van der Waals surface area contributed by atoms with E-state index in [9.17, 15) is 8.42 Å². The number of ether oxygens (including phenoxy) is 1. The smallest absolute Gasteiger partial charge is 0.240 e. The monoisotopic (exact) mass is 298 g/mol. The summed E-state index contributed by atoms with van der Waals surface area (Å²) in [6.45, 7) is 2.16. The topological polar surface area (TPSA) is 81.4 Å². The Labute approximate surface area is 120 Å². The first kappa shape index (κ1) is 15.1. The fraction of sp³-hybridized carbons (Fsp3) is 0.571. The molecule has 0 radical (unpaired) electrons. The molecule has 1 aromatic rings. The minimum atomic E-state index is -3.48. The van der Waals surface area contributed by atoms with E-state index < -0.39 is 10.0 Å². The van der Waals surface area contributed by atoms with Crippen molar-refractivity contribution in [2.24, 2.45) is 5.92 Å². The Morgan fingerprint density at radius 3 is 2.65 bits per heavy atom. The Morgan fingerprint density at radius 1 is 1.30 bits per heavy atom. The van der Waals surface area contributed by atoms with Crippen molar-refractivity contribution in [2.75, 3.05) is 12.8 Å². The van der Waals surface area contributed by atoms with Crippen molar-refractivity contribution in [2.45, 2.75) is 43.6 Å². The molecule has 0 aliphatic heterocycles. The number of rotatable bonds is 4. The van der Waals surface area contributed by atoms with Crippen molar-refractivity contribution in [3.05, 3.63) is 18.2 Å². The first-order valence-corrected chi connectivity index (χ1v) is 8.42. The van der Waals surface area contributed by atoms with E-state index in [4.69, 9.17) is 10.5 Å². The van der Waals surface area contributed by atoms with Gasteiger partial charge >= 0.3 is 0 Å². The Bertz CT molecular complexity index is 572. The second kappa shape index (κ2) is 6.01. The van der Waals surface area contributed by atoms with E-state index in [-0.39, 0.29) is 11.0 Å². The highest BCUT2D eigenvalue weighted by molar-refractivity contribution is 7.89. The number of anilines is 1. The van der Waals surface area contributed by atoms with Gasteiger partial charge in [-0.1, -0.05) is 13.3 Å². The van der Waals surface area contributed by atoms with Crippen LogP contribution in [-0.4, -0.2) is 21.6 Å². The van der Waals surface area contributed by atoms with Crippen LogP contribution in [0.3, 0.4) is 0 Å². The lowest BCUT2D eigenvalue weighted by atomic mass is 9.88. The molecule has 0 amide bonds. The molecule has 0 heterocycles. The molecule has 5 nitrogen and oxygen atoms in total. The van der Waals surface area contributed by atoms with Crippen molar-refractivity contribution < 1.29 is 13.2 Å². The van der Waals surface area contributed by atoms with E-state index in [0.717, 1.165) is 19.3 Å². The summed E-state index contributed by atoms with van der Waals surface area (Å²) in [6.07, 6.45) is 4.61. The molecule has 2 atom stereocenters. The minimum Gasteiger partial charge on any atom is -0.488 e. The van der Waals surface area contributed by atoms with Crippen LogP contribution in [0.2, 0.25) is 0 Å². The first-order valence-electron chi connectivity index (χ1n) is 6.94. The molecule has 0 bridgehead atoms. The van der Waals surface area contributed by atoms with Crippen LogP contribution in [-0.2, 0) is 10.0 Å². The van der Waals surface area contributed by atoms with Crippen LogP contribution >= 0.6 is 0 Å². The summed E-state index contributed by atoms with van der Waals surface area (Å²) in [6, 6.07) is 4.56. The van der Waals surface area contributed by atoms with E-state index in [1.54, 1.807) is 6.07 Å². The molecular formula is C14H22N2O3S. The number of hydrogen-bond acceptors (Lipinski definition) is 4. The minimum absolute atomic E-state index is 0.110. The van der Waals surface area contributed by atoms with Gasteiger partial charge in [-0.25, -0.2) is 13.1 Å². The number of sulfonamides is 1. The van der Waals surface area contributed by atoms with Crippen molar-refractivity contribution in [1.29, 1.82) is 0 Å². The van der Waals surface area contributed by atoms with Gasteiger partial charge < -0.3 is 10.5 Å². The molecule has 3 N–H and O–H groups in total. The highest BCUT2D eigenvalue weighted by Crippen LogP contribution is 2.32. The molecule has 1 fully saturated rings. The summed E-state index contributed by atoms with van der Waals surface area (Å²) < 4.78 is 31.9. The van der Waals surface area contributed by atoms with Crippen molar-refractivity contribution in [3.63, 3.8) is 0 Å². The second-order valence-electron chi connectivity index (χ2n) is 5.33. The number of hydrogen-bond donors (Lipinski definition) is 2. The lowest BCUT2D eigenvalue weighted by molar-refractivity contribution is 0.103. The van der Waals surface area contributed by atoms with Gasteiger partial charge in [0.15, 0.2) is 0 Å². The third-order valence-corrected chi connectivity index (χ3v) is 5.29. The van der Waals surface area contributed by atoms with E-state index in [2.05, 4.69) is 11.6 Å². The predicted molar refractivity (Wildman–Crippen MR) is 79.1 cm³/mol. The Hall–Kier alpha value is -1.27. The fourth-order valence-corrected chi connectivity index (χ4v) is 3.27. The van der Waals surface area contributed by atoms with E-state index in [1.165, 1.54) is 25.6 Å². The van der Waals surface area contributed by atoms with Gasteiger partial charge in [-0.05, 0) is 44.4 Å². The summed E-state index contributed by atoms with van der Waals surface area (Å²) in [5, 5.41) is 0. The van der Waals surface area contributed by atoms with Gasteiger partial charge in [0.1, 0.15) is 11.9 Å². The third-order valence-electron chi connectivity index (χ3n) is 3.88. The van der Waals surface area contributed by atoms with Gasteiger partial charge in [0.05, 0.1) is 10.6 Å². The largest absolute Gasteiger partial charge is 0.488 e. The van der Waals surface area contributed by atoms with Crippen molar-refractivity contribution in [1.82, 2.24) is 4.72 Å². The molecule has 0 spiro atoms. The molecule has 20 heavy (non-hydrogen) atoms. The van der Waals surface area contributed by atoms with Gasteiger partial charge in [0, 0.05) is 6.07 Å². The van der Waals surface area contributed by atoms with E-state index in [0.29, 0.717) is 17.4 Å². The van der Waals surface area contributed by atoms with Crippen LogP contribution < -0.4 is 15.2 Å². The van der Waals surface area contributed by atoms with Gasteiger partial charge in [-0.2, -0.15) is 0 Å². The summed E-state index contributed by atoms with van der Waals surface area (Å²) in [7, 11) is -2.09. The fourth-order valence-electron chi connectivity index (χ4n) is 2.52. The second-order valence-corrected chi connectivity index (χ2v) is 7.21. The summed E-state index contributed by atoms with van der Waals surface area (Å²) in [4.78, 5) is 0.174. The number of nitrogen functional groups attached to an aromatic ring is 1. The summed E-state index contributed by atoms with van der Waals surface area (Å²) >= 11 is 0. The van der Waals surface area contributed by atoms with Crippen LogP contribution in [0, 0.1) is 5.92 Å². The zero-order valence-corrected chi connectivity index (χ0v) is 12.7. The van der Waals surface area contributed by atoms with Gasteiger partial charge in [0.2, 0.25) is 10.0 Å². The average molecular weight is 298 g/mol. The molecule has 1 aliphatic carbocycles. The molecule has 1 aromatic carbocycles. The molecule has 6 heteroatoms. The maximum Gasteiger partial charge on any atom is 0.240 e. The lowest BCUT2D eigenvalue weighted by Crippen LogP contribution is -2.28. The lowest BCUT2D eigenvalue weighted by Gasteiger charge is -2.29. The highest BCUT2D eigenvalue weighted by atomic mass is 32.2. The van der Waals surface area contributed by atoms with Crippen LogP contribution in [0.15, 0.2) is 23.1 Å². The normalized spacial score (nSPS) is 23.5. The molecule has 2 unspecified atom stereocenters. The maximum atomic E-state index is 11.8. The average Bonchev–Trinajstić information content (AvgIpc) is 2.43. The van der Waals surface area contributed by atoms with Crippen LogP contribution in [0.25, 0.3) is 0 Å². The van der Waals surface area contributed by atoms with Crippen LogP contribution in [0.5, 0.6) is 5.75 Å². The van der Waals surface area contributed by atoms with E-state index in [1.807, 2.05) is 0 Å². The standard InChI is InChI=1S/C14H22N2O3S/c1-10-5-3-4-6-13(10)19-14-9-11(7-8-12(14)15)20(17,18)16-2/h7-10,13,16H,3-6,15H2,1-2H3. The Balaban J connectivity index is 2.25. The summed E-state index contributed by atoms with van der Waals surface area (Å²) in [5.41, 5.74) is 6.37. The van der Waals surface area contributed by atoms with Crippen LogP contribution in [0.1, 0.15) is 32.6 Å². The molecule has 0 saturated heterocycles. The molecule has 112 valence electrons. The maximum absolute atomic E-state index is 11.8. The van der Waals surface area contributed by atoms with Gasteiger partial charge in [0.25, 0.3) is 0 Å². The summed E-state index contributed by atoms with van der Waals surface area (Å²) in [5.74, 6) is 0.924. The zero-order valence-electron chi connectivity index (χ0n) is 11.9. The Morgan fingerprint density at radius 2 is 2.00 bits per heavy atom.